The molecule has 5 nitrogen and oxygen atoms in total. The van der Waals surface area contributed by atoms with E-state index in [-0.39, 0.29) is 14.9 Å². The summed E-state index contributed by atoms with van der Waals surface area (Å²) in [5, 5.41) is 9.46. The van der Waals surface area contributed by atoms with Crippen LogP contribution in [0.5, 0.6) is 0 Å². The lowest BCUT2D eigenvalue weighted by Crippen LogP contribution is -2.48. The predicted molar refractivity (Wildman–Crippen MR) is 77.7 cm³/mol. The maximum absolute atomic E-state index is 12.2. The first kappa shape index (κ1) is 17.2. The standard InChI is InChI=1S/C12H15Cl2NO4S/c1-12(2,3)10(11(16)17)15-20(18,19)9-5-7(13)4-8(14)6-9/h4-6,10,15H,1-3H3,(H,16,17). The number of sulfonamides is 1. The van der Waals surface area contributed by atoms with Crippen molar-refractivity contribution in [1.82, 2.24) is 4.72 Å². The number of nitrogens with one attached hydrogen (secondary N) is 1. The topological polar surface area (TPSA) is 83.5 Å². The monoisotopic (exact) mass is 339 g/mol. The van der Waals surface area contributed by atoms with Gasteiger partial charge in [0.2, 0.25) is 10.0 Å². The molecule has 0 aliphatic rings. The Labute approximate surface area is 127 Å². The highest BCUT2D eigenvalue weighted by Crippen LogP contribution is 2.25. The number of hydrogen-bond donors (Lipinski definition) is 2. The molecular weight excluding hydrogens is 325 g/mol. The van der Waals surface area contributed by atoms with Crippen LogP contribution in [0.1, 0.15) is 20.8 Å². The lowest BCUT2D eigenvalue weighted by Gasteiger charge is -2.27. The molecule has 8 heteroatoms. The van der Waals surface area contributed by atoms with Gasteiger partial charge in [-0.25, -0.2) is 8.42 Å². The second-order valence-corrected chi connectivity index (χ2v) is 7.95. The van der Waals surface area contributed by atoms with Crippen molar-refractivity contribution in [3.63, 3.8) is 0 Å². The molecule has 0 heterocycles. The Morgan fingerprint density at radius 3 is 2.00 bits per heavy atom. The van der Waals surface area contributed by atoms with Crippen LogP contribution in [-0.4, -0.2) is 25.5 Å². The first-order chi connectivity index (χ1) is 8.93. The van der Waals surface area contributed by atoms with Gasteiger partial charge in [0.15, 0.2) is 0 Å². The lowest BCUT2D eigenvalue weighted by molar-refractivity contribution is -0.141. The Bertz CT molecular complexity index is 603. The molecule has 1 unspecified atom stereocenters. The van der Waals surface area contributed by atoms with Gasteiger partial charge in [-0.2, -0.15) is 4.72 Å². The molecule has 20 heavy (non-hydrogen) atoms. The van der Waals surface area contributed by atoms with Crippen LogP contribution in [0.4, 0.5) is 0 Å². The minimum absolute atomic E-state index is 0.153. The van der Waals surface area contributed by atoms with Gasteiger partial charge >= 0.3 is 5.97 Å². The van der Waals surface area contributed by atoms with Crippen LogP contribution in [0, 0.1) is 5.41 Å². The Morgan fingerprint density at radius 1 is 1.20 bits per heavy atom. The van der Waals surface area contributed by atoms with Crippen LogP contribution in [0.25, 0.3) is 0 Å². The van der Waals surface area contributed by atoms with E-state index in [4.69, 9.17) is 28.3 Å². The number of halogens is 2. The number of aliphatic carboxylic acids is 1. The maximum Gasteiger partial charge on any atom is 0.322 e. The average molecular weight is 340 g/mol. The molecule has 0 radical (unpaired) electrons. The molecule has 0 fully saturated rings. The van der Waals surface area contributed by atoms with E-state index in [1.807, 2.05) is 0 Å². The molecule has 1 aromatic rings. The van der Waals surface area contributed by atoms with Crippen LogP contribution in [0.15, 0.2) is 23.1 Å². The van der Waals surface area contributed by atoms with E-state index in [1.165, 1.54) is 18.2 Å². The molecule has 0 bridgehead atoms. The van der Waals surface area contributed by atoms with Crippen LogP contribution in [0.3, 0.4) is 0 Å². The summed E-state index contributed by atoms with van der Waals surface area (Å²) in [6, 6.07) is 2.53. The van der Waals surface area contributed by atoms with Gasteiger partial charge in [0.25, 0.3) is 0 Å². The van der Waals surface area contributed by atoms with Gasteiger partial charge in [-0.05, 0) is 23.6 Å². The Balaban J connectivity index is 3.20. The summed E-state index contributed by atoms with van der Waals surface area (Å²) in [4.78, 5) is 11.0. The summed E-state index contributed by atoms with van der Waals surface area (Å²) in [5.74, 6) is -1.26. The fourth-order valence-electron chi connectivity index (χ4n) is 1.50. The molecule has 1 aromatic carbocycles. The number of carboxylic acid groups (broad SMARTS) is 1. The smallest absolute Gasteiger partial charge is 0.322 e. The number of carboxylic acids is 1. The summed E-state index contributed by atoms with van der Waals surface area (Å²) in [7, 11) is -4.03. The maximum atomic E-state index is 12.2. The lowest BCUT2D eigenvalue weighted by atomic mass is 9.88. The Morgan fingerprint density at radius 2 is 1.65 bits per heavy atom. The van der Waals surface area contributed by atoms with Crippen LogP contribution < -0.4 is 4.72 Å². The van der Waals surface area contributed by atoms with E-state index in [9.17, 15) is 13.2 Å². The summed E-state index contributed by atoms with van der Waals surface area (Å²) in [6.07, 6.45) is 0. The molecular formula is C12H15Cl2NO4S. The molecule has 1 atom stereocenters. The fourth-order valence-corrected chi connectivity index (χ4v) is 3.62. The fraction of sp³-hybridized carbons (Fsp3) is 0.417. The van der Waals surface area contributed by atoms with Gasteiger partial charge in [0.05, 0.1) is 4.90 Å². The summed E-state index contributed by atoms with van der Waals surface area (Å²) >= 11 is 11.5. The second-order valence-electron chi connectivity index (χ2n) is 5.36. The highest BCUT2D eigenvalue weighted by molar-refractivity contribution is 7.89. The van der Waals surface area contributed by atoms with E-state index in [0.717, 1.165) is 0 Å². The average Bonchev–Trinajstić information content (AvgIpc) is 2.22. The van der Waals surface area contributed by atoms with Crippen molar-refractivity contribution in [2.45, 2.75) is 31.7 Å². The van der Waals surface area contributed by atoms with Crippen molar-refractivity contribution in [2.75, 3.05) is 0 Å². The highest BCUT2D eigenvalue weighted by Gasteiger charge is 2.35. The number of rotatable bonds is 4. The molecule has 0 saturated heterocycles. The van der Waals surface area contributed by atoms with Gasteiger partial charge in [-0.3, -0.25) is 4.79 Å². The van der Waals surface area contributed by atoms with Crippen molar-refractivity contribution >= 4 is 39.2 Å². The number of carbonyl (C=O) groups is 1. The van der Waals surface area contributed by atoms with Crippen LogP contribution in [-0.2, 0) is 14.8 Å². The van der Waals surface area contributed by atoms with Gasteiger partial charge in [0.1, 0.15) is 6.04 Å². The molecule has 0 spiro atoms. The quantitative estimate of drug-likeness (QED) is 0.883. The van der Waals surface area contributed by atoms with Crippen molar-refractivity contribution in [1.29, 1.82) is 0 Å². The molecule has 1 rings (SSSR count). The second kappa shape index (κ2) is 5.89. The van der Waals surface area contributed by atoms with Gasteiger partial charge in [0, 0.05) is 10.0 Å². The third kappa shape index (κ3) is 4.34. The molecule has 0 aliphatic heterocycles. The van der Waals surface area contributed by atoms with Crippen molar-refractivity contribution in [3.05, 3.63) is 28.2 Å². The molecule has 0 aromatic heterocycles. The van der Waals surface area contributed by atoms with Gasteiger partial charge in [-0.15, -0.1) is 0 Å². The van der Waals surface area contributed by atoms with Crippen molar-refractivity contribution < 1.29 is 18.3 Å². The third-order valence-corrected chi connectivity index (χ3v) is 4.37. The predicted octanol–water partition coefficient (Wildman–Crippen LogP) is 2.77. The summed E-state index contributed by atoms with van der Waals surface area (Å²) in [6.45, 7) is 4.87. The molecule has 0 amide bonds. The normalized spacial score (nSPS) is 14.1. The molecule has 0 aliphatic carbocycles. The van der Waals surface area contributed by atoms with E-state index in [1.54, 1.807) is 20.8 Å². The van der Waals surface area contributed by atoms with E-state index >= 15 is 0 Å². The van der Waals surface area contributed by atoms with E-state index in [2.05, 4.69) is 4.72 Å². The van der Waals surface area contributed by atoms with Gasteiger partial charge in [-0.1, -0.05) is 44.0 Å². The first-order valence-corrected chi connectivity index (χ1v) is 7.88. The van der Waals surface area contributed by atoms with E-state index < -0.39 is 27.4 Å². The Kier molecular flexibility index (Phi) is 5.08. The Hall–Kier alpha value is -0.820. The minimum Gasteiger partial charge on any atom is -0.480 e. The zero-order valence-corrected chi connectivity index (χ0v) is 13.5. The SMILES string of the molecule is CC(C)(C)C(NS(=O)(=O)c1cc(Cl)cc(Cl)c1)C(=O)O. The minimum atomic E-state index is -4.03. The molecule has 2 N–H and O–H groups in total. The first-order valence-electron chi connectivity index (χ1n) is 5.65. The largest absolute Gasteiger partial charge is 0.480 e. The third-order valence-electron chi connectivity index (χ3n) is 2.53. The van der Waals surface area contributed by atoms with Crippen LogP contribution >= 0.6 is 23.2 Å². The van der Waals surface area contributed by atoms with Crippen LogP contribution in [0.2, 0.25) is 10.0 Å². The van der Waals surface area contributed by atoms with Crippen molar-refractivity contribution in [2.24, 2.45) is 5.41 Å². The zero-order valence-electron chi connectivity index (χ0n) is 11.1. The highest BCUT2D eigenvalue weighted by atomic mass is 35.5. The zero-order chi connectivity index (χ0) is 15.7. The van der Waals surface area contributed by atoms with Crippen molar-refractivity contribution in [3.8, 4) is 0 Å². The molecule has 112 valence electrons. The number of benzene rings is 1. The number of hydrogen-bond acceptors (Lipinski definition) is 3. The van der Waals surface area contributed by atoms with Gasteiger partial charge < -0.3 is 5.11 Å². The van der Waals surface area contributed by atoms with E-state index in [0.29, 0.717) is 0 Å². The summed E-state index contributed by atoms with van der Waals surface area (Å²) in [5.41, 5.74) is -0.790. The summed E-state index contributed by atoms with van der Waals surface area (Å²) < 4.78 is 26.6. The molecule has 0 saturated carbocycles.